The van der Waals surface area contributed by atoms with Gasteiger partial charge in [0, 0.05) is 25.9 Å². The fraction of sp³-hybridized carbons (Fsp3) is 0.455. The van der Waals surface area contributed by atoms with Crippen molar-refractivity contribution in [1.82, 2.24) is 0 Å². The lowest BCUT2D eigenvalue weighted by Crippen LogP contribution is -2.10. The molecule has 0 aliphatic rings. The van der Waals surface area contributed by atoms with E-state index in [4.69, 9.17) is 9.47 Å². The third-order valence-corrected chi connectivity index (χ3v) is 3.03. The number of ether oxygens (including phenoxy) is 4. The highest BCUT2D eigenvalue weighted by molar-refractivity contribution is 5.96. The second-order valence-electron chi connectivity index (χ2n) is 5.37. The van der Waals surface area contributed by atoms with Crippen LogP contribution in [0.3, 0.4) is 0 Å². The van der Waals surface area contributed by atoms with Gasteiger partial charge in [-0.05, 0) is 32.1 Å². The van der Waals surface area contributed by atoms with Gasteiger partial charge in [0.25, 0.3) is 0 Å². The summed E-state index contributed by atoms with van der Waals surface area (Å²) in [5, 5.41) is 0. The van der Waals surface area contributed by atoms with Gasteiger partial charge in [-0.1, -0.05) is 27.0 Å². The van der Waals surface area contributed by atoms with E-state index in [9.17, 15) is 19.2 Å². The van der Waals surface area contributed by atoms with E-state index in [1.165, 1.54) is 28.1 Å². The molecule has 0 radical (unpaired) electrons. The first-order valence-electron chi connectivity index (χ1n) is 8.43. The van der Waals surface area contributed by atoms with Gasteiger partial charge in [0.2, 0.25) is 0 Å². The lowest BCUT2D eigenvalue weighted by Gasteiger charge is -2.04. The zero-order valence-electron chi connectivity index (χ0n) is 16.6. The minimum atomic E-state index is -0.526. The summed E-state index contributed by atoms with van der Waals surface area (Å²) >= 11 is 0. The number of carbonyl (C=O) groups is 4. The normalized spacial score (nSPS) is 9.33. The molecule has 0 saturated heterocycles. The maximum Gasteiger partial charge on any atom is 0.338 e. The molecular weight excluding hydrogens is 392 g/mol. The van der Waals surface area contributed by atoms with Gasteiger partial charge < -0.3 is 18.9 Å². The molecule has 0 heterocycles. The molecule has 8 nitrogen and oxygen atoms in total. The summed E-state index contributed by atoms with van der Waals surface area (Å²) in [6.45, 7) is 4.00. The Morgan fingerprint density at radius 3 is 1.63 bits per heavy atom. The monoisotopic (exact) mass is 426 g/mol. The molecule has 1 rings (SSSR count). The first-order chi connectivity index (χ1) is 13.3. The number of ketones is 2. The van der Waals surface area contributed by atoms with Crippen molar-refractivity contribution in [2.75, 3.05) is 40.6 Å². The maximum atomic E-state index is 11.4. The molecule has 0 unspecified atom stereocenters. The highest BCUT2D eigenvalue weighted by atomic mass is 16.6. The SMILES string of the molecule is C.C.COCCOC(=O)/C=C\C(C)=O.COCCOC(=O)c1ccc(C(C)=O)cc1. The van der Waals surface area contributed by atoms with Crippen molar-refractivity contribution in [3.8, 4) is 0 Å². The summed E-state index contributed by atoms with van der Waals surface area (Å²) in [5.74, 6) is -1.15. The van der Waals surface area contributed by atoms with Crippen molar-refractivity contribution in [1.29, 1.82) is 0 Å². The number of methoxy groups -OCH3 is 2. The highest BCUT2D eigenvalue weighted by Crippen LogP contribution is 2.06. The van der Waals surface area contributed by atoms with Crippen molar-refractivity contribution in [2.45, 2.75) is 28.7 Å². The molecule has 1 aromatic carbocycles. The van der Waals surface area contributed by atoms with Crippen LogP contribution in [0, 0.1) is 0 Å². The zero-order chi connectivity index (χ0) is 21.4. The van der Waals surface area contributed by atoms with Crippen LogP contribution in [-0.2, 0) is 28.5 Å². The molecule has 0 N–H and O–H groups in total. The number of carbonyl (C=O) groups excluding carboxylic acids is 4. The molecule has 0 atom stereocenters. The summed E-state index contributed by atoms with van der Waals surface area (Å²) in [6, 6.07) is 6.36. The van der Waals surface area contributed by atoms with Crippen molar-refractivity contribution < 1.29 is 38.1 Å². The van der Waals surface area contributed by atoms with Gasteiger partial charge in [-0.2, -0.15) is 0 Å². The van der Waals surface area contributed by atoms with Crippen LogP contribution in [0.5, 0.6) is 0 Å². The Morgan fingerprint density at radius 1 is 0.733 bits per heavy atom. The van der Waals surface area contributed by atoms with Crippen LogP contribution >= 0.6 is 0 Å². The predicted octanol–water partition coefficient (Wildman–Crippen LogP) is 3.29. The summed E-state index contributed by atoms with van der Waals surface area (Å²) in [4.78, 5) is 43.5. The molecule has 0 saturated carbocycles. The molecule has 170 valence electrons. The van der Waals surface area contributed by atoms with Crippen molar-refractivity contribution in [2.24, 2.45) is 0 Å². The number of esters is 2. The van der Waals surface area contributed by atoms with Gasteiger partial charge in [0.15, 0.2) is 11.6 Å². The standard InChI is InChI=1S/C12H14O4.C8H12O4.2CH4/c1-9(13)10-3-5-11(6-4-10)12(14)16-8-7-15-2;1-7(9)3-4-8(10)12-6-5-11-2;;/h3-6H,7-8H2,1-2H3;3-4H,5-6H2,1-2H3;2*1H4/b;4-3-;;. The highest BCUT2D eigenvalue weighted by Gasteiger charge is 2.07. The lowest BCUT2D eigenvalue weighted by molar-refractivity contribution is -0.139. The van der Waals surface area contributed by atoms with Gasteiger partial charge in [0.05, 0.1) is 18.8 Å². The fourth-order valence-corrected chi connectivity index (χ4v) is 1.60. The molecule has 8 heteroatoms. The number of rotatable bonds is 10. The molecule has 0 amide bonds. The Balaban J connectivity index is -0.000000474. The molecule has 0 aliphatic carbocycles. The van der Waals surface area contributed by atoms with Gasteiger partial charge in [-0.15, -0.1) is 0 Å². The zero-order valence-corrected chi connectivity index (χ0v) is 16.6. The summed E-state index contributed by atoms with van der Waals surface area (Å²) in [5.41, 5.74) is 1.01. The van der Waals surface area contributed by atoms with Crippen LogP contribution in [0.4, 0.5) is 0 Å². The predicted molar refractivity (Wildman–Crippen MR) is 115 cm³/mol. The Morgan fingerprint density at radius 2 is 1.20 bits per heavy atom. The van der Waals surface area contributed by atoms with E-state index in [0.717, 1.165) is 12.2 Å². The number of hydrogen-bond acceptors (Lipinski definition) is 8. The van der Waals surface area contributed by atoms with E-state index in [1.807, 2.05) is 0 Å². The van der Waals surface area contributed by atoms with Crippen molar-refractivity contribution >= 4 is 23.5 Å². The molecule has 30 heavy (non-hydrogen) atoms. The molecular formula is C22H34O8. The lowest BCUT2D eigenvalue weighted by atomic mass is 10.1. The average molecular weight is 427 g/mol. The summed E-state index contributed by atoms with van der Waals surface area (Å²) in [7, 11) is 3.05. The first-order valence-corrected chi connectivity index (χ1v) is 8.43. The van der Waals surface area contributed by atoms with Crippen molar-refractivity contribution in [3.05, 3.63) is 47.5 Å². The molecule has 0 aliphatic heterocycles. The van der Waals surface area contributed by atoms with E-state index < -0.39 is 11.9 Å². The van der Waals surface area contributed by atoms with Crippen LogP contribution in [0.1, 0.15) is 49.4 Å². The van der Waals surface area contributed by atoms with Gasteiger partial charge in [-0.3, -0.25) is 9.59 Å². The molecule has 0 fully saturated rings. The topological polar surface area (TPSA) is 105 Å². The van der Waals surface area contributed by atoms with E-state index in [0.29, 0.717) is 24.3 Å². The third kappa shape index (κ3) is 16.1. The third-order valence-electron chi connectivity index (χ3n) is 3.03. The fourth-order valence-electron chi connectivity index (χ4n) is 1.60. The number of allylic oxidation sites excluding steroid dienone is 1. The molecule has 0 aromatic heterocycles. The Hall–Kier alpha value is -2.84. The maximum absolute atomic E-state index is 11.4. The van der Waals surface area contributed by atoms with E-state index in [1.54, 1.807) is 24.3 Å². The van der Waals surface area contributed by atoms with Crippen LogP contribution in [0.15, 0.2) is 36.4 Å². The molecule has 0 spiro atoms. The minimum absolute atomic E-state index is 0. The summed E-state index contributed by atoms with van der Waals surface area (Å²) in [6.07, 6.45) is 2.26. The number of Topliss-reactive ketones (excluding diaryl/α,β-unsaturated/α-hetero) is 1. The second kappa shape index (κ2) is 19.5. The smallest absolute Gasteiger partial charge is 0.338 e. The quantitative estimate of drug-likeness (QED) is 0.243. The summed E-state index contributed by atoms with van der Waals surface area (Å²) < 4.78 is 19.0. The van der Waals surface area contributed by atoms with Crippen LogP contribution < -0.4 is 0 Å². The van der Waals surface area contributed by atoms with Gasteiger partial charge >= 0.3 is 11.9 Å². The van der Waals surface area contributed by atoms with E-state index in [-0.39, 0.29) is 39.6 Å². The second-order valence-corrected chi connectivity index (χ2v) is 5.37. The minimum Gasteiger partial charge on any atom is -0.460 e. The molecule has 0 bridgehead atoms. The van der Waals surface area contributed by atoms with Crippen molar-refractivity contribution in [3.63, 3.8) is 0 Å². The van der Waals surface area contributed by atoms with Gasteiger partial charge in [0.1, 0.15) is 13.2 Å². The number of benzene rings is 1. The Bertz CT molecular complexity index is 662. The van der Waals surface area contributed by atoms with Gasteiger partial charge in [-0.25, -0.2) is 9.59 Å². The van der Waals surface area contributed by atoms with Crippen LogP contribution in [0.25, 0.3) is 0 Å². The Labute approximate surface area is 179 Å². The van der Waals surface area contributed by atoms with E-state index in [2.05, 4.69) is 9.47 Å². The largest absolute Gasteiger partial charge is 0.460 e. The Kier molecular flexibility index (Phi) is 20.7. The average Bonchev–Trinajstić information content (AvgIpc) is 2.67. The van der Waals surface area contributed by atoms with E-state index >= 15 is 0 Å². The van der Waals surface area contributed by atoms with Crippen LogP contribution in [-0.4, -0.2) is 64.2 Å². The first kappa shape index (κ1) is 31.8. The molecule has 1 aromatic rings. The van der Waals surface area contributed by atoms with Crippen LogP contribution in [0.2, 0.25) is 0 Å². The number of hydrogen-bond donors (Lipinski definition) is 0.